The number of rotatable bonds is 4. The Morgan fingerprint density at radius 1 is 1.23 bits per heavy atom. The zero-order chi connectivity index (χ0) is 15.7. The summed E-state index contributed by atoms with van der Waals surface area (Å²) in [7, 11) is 1.59. The first kappa shape index (κ1) is 14.3. The highest BCUT2D eigenvalue weighted by atomic mass is 16.5. The Balaban J connectivity index is 2.24. The van der Waals surface area contributed by atoms with E-state index in [-0.39, 0.29) is 11.5 Å². The first-order valence-electron chi connectivity index (χ1n) is 7.13. The predicted molar refractivity (Wildman–Crippen MR) is 85.2 cm³/mol. The third kappa shape index (κ3) is 2.35. The van der Waals surface area contributed by atoms with Gasteiger partial charge >= 0.3 is 0 Å². The Morgan fingerprint density at radius 3 is 2.77 bits per heavy atom. The molecule has 0 unspecified atom stereocenters. The molecule has 0 bridgehead atoms. The summed E-state index contributed by atoms with van der Waals surface area (Å²) in [6, 6.07) is 8.97. The Bertz CT molecular complexity index is 853. The molecule has 0 saturated carbocycles. The van der Waals surface area contributed by atoms with Crippen molar-refractivity contribution in [2.24, 2.45) is 0 Å². The molecule has 0 fully saturated rings. The Morgan fingerprint density at radius 2 is 2.05 bits per heavy atom. The second kappa shape index (κ2) is 5.60. The number of aromatic amines is 1. The van der Waals surface area contributed by atoms with E-state index in [9.17, 15) is 9.90 Å². The molecule has 0 amide bonds. The van der Waals surface area contributed by atoms with Gasteiger partial charge in [-0.3, -0.25) is 4.79 Å². The summed E-state index contributed by atoms with van der Waals surface area (Å²) < 4.78 is 10.6. The first-order valence-corrected chi connectivity index (χ1v) is 7.13. The van der Waals surface area contributed by atoms with Crippen LogP contribution < -0.4 is 14.9 Å². The van der Waals surface area contributed by atoms with Crippen molar-refractivity contribution < 1.29 is 14.6 Å². The lowest BCUT2D eigenvalue weighted by Gasteiger charge is -2.13. The van der Waals surface area contributed by atoms with Crippen molar-refractivity contribution in [1.82, 2.24) is 4.98 Å². The third-order valence-corrected chi connectivity index (χ3v) is 3.55. The predicted octanol–water partition coefficient (Wildman–Crippen LogP) is 3.14. The fourth-order valence-electron chi connectivity index (χ4n) is 2.41. The van der Waals surface area contributed by atoms with E-state index < -0.39 is 5.43 Å². The molecule has 2 aliphatic rings. The minimum Gasteiger partial charge on any atom is -0.502 e. The summed E-state index contributed by atoms with van der Waals surface area (Å²) in [6.45, 7) is 2.41. The maximum absolute atomic E-state index is 12.3. The topological polar surface area (TPSA) is 71.5 Å². The molecule has 1 heterocycles. The Hall–Kier alpha value is -2.69. The van der Waals surface area contributed by atoms with Crippen LogP contribution in [-0.4, -0.2) is 23.8 Å². The van der Waals surface area contributed by atoms with Crippen molar-refractivity contribution in [2.45, 2.75) is 13.3 Å². The fourth-order valence-corrected chi connectivity index (χ4v) is 2.41. The van der Waals surface area contributed by atoms with Crippen LogP contribution in [0.2, 0.25) is 0 Å². The summed E-state index contributed by atoms with van der Waals surface area (Å²) in [5.41, 5.74) is 1.48. The third-order valence-electron chi connectivity index (χ3n) is 3.55. The van der Waals surface area contributed by atoms with Crippen LogP contribution in [0.15, 0.2) is 35.1 Å². The zero-order valence-electron chi connectivity index (χ0n) is 12.5. The summed E-state index contributed by atoms with van der Waals surface area (Å²) in [6.07, 6.45) is 0.799. The van der Waals surface area contributed by atoms with Crippen LogP contribution >= 0.6 is 0 Å². The number of H-pyrrole nitrogens is 1. The number of hydrogen-bond donors (Lipinski definition) is 2. The van der Waals surface area contributed by atoms with Gasteiger partial charge in [-0.25, -0.2) is 0 Å². The molecule has 114 valence electrons. The molecule has 0 saturated heterocycles. The summed E-state index contributed by atoms with van der Waals surface area (Å²) in [5, 5.41) is 10.9. The highest BCUT2D eigenvalue weighted by Crippen LogP contribution is 2.32. The van der Waals surface area contributed by atoms with Crippen LogP contribution in [0.5, 0.6) is 17.2 Å². The molecule has 1 aliphatic carbocycles. The quantitative estimate of drug-likeness (QED) is 0.726. The van der Waals surface area contributed by atoms with Crippen LogP contribution in [0.3, 0.4) is 0 Å². The smallest absolute Gasteiger partial charge is 0.233 e. The second-order valence-corrected chi connectivity index (χ2v) is 5.08. The van der Waals surface area contributed by atoms with Crippen LogP contribution in [0.25, 0.3) is 22.2 Å². The van der Waals surface area contributed by atoms with Gasteiger partial charge in [0.2, 0.25) is 11.2 Å². The molecule has 22 heavy (non-hydrogen) atoms. The van der Waals surface area contributed by atoms with E-state index in [0.29, 0.717) is 23.6 Å². The van der Waals surface area contributed by atoms with Crippen molar-refractivity contribution in [3.63, 3.8) is 0 Å². The number of aromatic nitrogens is 1. The summed E-state index contributed by atoms with van der Waals surface area (Å²) in [4.78, 5) is 15.5. The lowest BCUT2D eigenvalue weighted by atomic mass is 10.0. The van der Waals surface area contributed by atoms with Gasteiger partial charge in [0.15, 0.2) is 5.75 Å². The van der Waals surface area contributed by atoms with E-state index in [1.807, 2.05) is 25.1 Å². The van der Waals surface area contributed by atoms with Gasteiger partial charge in [-0.05, 0) is 30.7 Å². The van der Waals surface area contributed by atoms with E-state index in [1.54, 1.807) is 19.2 Å². The summed E-state index contributed by atoms with van der Waals surface area (Å²) in [5.74, 6) is 0.569. The van der Waals surface area contributed by atoms with Gasteiger partial charge < -0.3 is 19.6 Å². The zero-order valence-corrected chi connectivity index (χ0v) is 12.5. The largest absolute Gasteiger partial charge is 0.502 e. The van der Waals surface area contributed by atoms with Gasteiger partial charge in [0.05, 0.1) is 25.0 Å². The van der Waals surface area contributed by atoms with E-state index in [0.717, 1.165) is 17.3 Å². The number of ether oxygens (including phenoxy) is 2. The van der Waals surface area contributed by atoms with E-state index in [1.165, 1.54) is 0 Å². The molecule has 1 aliphatic heterocycles. The van der Waals surface area contributed by atoms with Crippen molar-refractivity contribution in [1.29, 1.82) is 0 Å². The molecule has 1 aromatic rings. The maximum atomic E-state index is 12.3. The Kier molecular flexibility index (Phi) is 3.63. The van der Waals surface area contributed by atoms with E-state index >= 15 is 0 Å². The second-order valence-electron chi connectivity index (χ2n) is 5.08. The number of pyridine rings is 1. The molecule has 5 heteroatoms. The highest BCUT2D eigenvalue weighted by Gasteiger charge is 2.17. The highest BCUT2D eigenvalue weighted by molar-refractivity contribution is 5.87. The van der Waals surface area contributed by atoms with Gasteiger partial charge in [0.1, 0.15) is 5.75 Å². The SMILES string of the molecule is CCCOc1cc2[nH]c3ccc(OC)cc3cc-2c(=O)c1O. The lowest BCUT2D eigenvalue weighted by Crippen LogP contribution is -2.09. The molecular weight excluding hydrogens is 282 g/mol. The van der Waals surface area contributed by atoms with E-state index in [2.05, 4.69) is 4.98 Å². The van der Waals surface area contributed by atoms with Crippen LogP contribution in [0.1, 0.15) is 13.3 Å². The number of nitrogens with one attached hydrogen (secondary N) is 1. The fraction of sp³-hybridized carbons (Fsp3) is 0.235. The molecule has 0 aromatic heterocycles. The first-order chi connectivity index (χ1) is 10.6. The van der Waals surface area contributed by atoms with Crippen molar-refractivity contribution in [2.75, 3.05) is 13.7 Å². The van der Waals surface area contributed by atoms with Gasteiger partial charge in [-0.2, -0.15) is 0 Å². The molecule has 3 rings (SSSR count). The van der Waals surface area contributed by atoms with Gasteiger partial charge in [-0.15, -0.1) is 0 Å². The minimum atomic E-state index is -0.440. The number of fused-ring (bicyclic) bond motifs is 2. The van der Waals surface area contributed by atoms with Crippen molar-refractivity contribution in [3.05, 3.63) is 40.6 Å². The molecule has 5 nitrogen and oxygen atoms in total. The number of aromatic hydroxyl groups is 1. The van der Waals surface area contributed by atoms with Crippen molar-refractivity contribution in [3.8, 4) is 28.5 Å². The van der Waals surface area contributed by atoms with E-state index in [4.69, 9.17) is 9.47 Å². The van der Waals surface area contributed by atoms with Crippen LogP contribution in [-0.2, 0) is 0 Å². The molecule has 2 N–H and O–H groups in total. The van der Waals surface area contributed by atoms with Crippen molar-refractivity contribution >= 4 is 10.9 Å². The molecular formula is C17H17NO4. The summed E-state index contributed by atoms with van der Waals surface area (Å²) >= 11 is 0. The van der Waals surface area contributed by atoms with Gasteiger partial charge in [0.25, 0.3) is 0 Å². The standard InChI is InChI=1S/C17H17NO4/c1-3-6-22-15-9-14-12(16(19)17(15)20)8-10-7-11(21-2)4-5-13(10)18-14/h4-5,7-9,18,20H,3,6H2,1-2H3. The monoisotopic (exact) mass is 299 g/mol. The molecule has 0 radical (unpaired) electrons. The van der Waals surface area contributed by atoms with Crippen LogP contribution in [0, 0.1) is 0 Å². The normalized spacial score (nSPS) is 11.0. The molecule has 1 aromatic carbocycles. The van der Waals surface area contributed by atoms with Gasteiger partial charge in [-0.1, -0.05) is 6.92 Å². The Labute approximate surface area is 127 Å². The lowest BCUT2D eigenvalue weighted by molar-refractivity contribution is 0.298. The molecule has 0 atom stereocenters. The minimum absolute atomic E-state index is 0.212. The number of benzene rings is 2. The average molecular weight is 299 g/mol. The van der Waals surface area contributed by atoms with Gasteiger partial charge in [0, 0.05) is 17.0 Å². The number of phenols is 1. The number of hydrogen-bond acceptors (Lipinski definition) is 4. The number of phenolic OH excluding ortho intramolecular Hbond substituents is 1. The number of methoxy groups -OCH3 is 1. The van der Waals surface area contributed by atoms with Crippen LogP contribution in [0.4, 0.5) is 0 Å². The molecule has 0 spiro atoms. The average Bonchev–Trinajstić information content (AvgIpc) is 2.55. The maximum Gasteiger partial charge on any atom is 0.233 e.